The summed E-state index contributed by atoms with van der Waals surface area (Å²) in [5.41, 5.74) is 0.240. The van der Waals surface area contributed by atoms with E-state index in [1.807, 2.05) is 6.92 Å². The van der Waals surface area contributed by atoms with Gasteiger partial charge in [0.05, 0.1) is 40.9 Å². The Morgan fingerprint density at radius 2 is 1.76 bits per heavy atom. The van der Waals surface area contributed by atoms with Gasteiger partial charge in [-0.1, -0.05) is 30.7 Å². The van der Waals surface area contributed by atoms with Crippen LogP contribution in [0.25, 0.3) is 0 Å². The number of carbonyl (C=O) groups is 2. The number of aryl methyl sites for hydroxylation is 1. The molecule has 1 aliphatic rings. The number of amides is 3. The Balaban J connectivity index is 1.64. The second-order valence-corrected chi connectivity index (χ2v) is 12.8. The van der Waals surface area contributed by atoms with Crippen molar-refractivity contribution in [3.8, 4) is 5.75 Å². The highest BCUT2D eigenvalue weighted by atomic mass is 32.2. The molecular formula is C31H35F3N4O6S. The van der Waals surface area contributed by atoms with Gasteiger partial charge in [0.1, 0.15) is 6.10 Å². The van der Waals surface area contributed by atoms with Crippen molar-refractivity contribution in [3.63, 3.8) is 0 Å². The van der Waals surface area contributed by atoms with Crippen LogP contribution in [-0.2, 0) is 16.2 Å². The van der Waals surface area contributed by atoms with E-state index in [4.69, 9.17) is 4.74 Å². The number of fused-ring (bicyclic) bond motifs is 1. The number of para-hydroxylation sites is 1. The molecule has 1 heterocycles. The van der Waals surface area contributed by atoms with Crippen molar-refractivity contribution in [2.24, 2.45) is 5.92 Å². The highest BCUT2D eigenvalue weighted by Crippen LogP contribution is 2.36. The summed E-state index contributed by atoms with van der Waals surface area (Å²) in [7, 11) is -2.62. The van der Waals surface area contributed by atoms with Crippen molar-refractivity contribution in [2.45, 2.75) is 44.0 Å². The van der Waals surface area contributed by atoms with Gasteiger partial charge in [0.2, 0.25) is 0 Å². The van der Waals surface area contributed by atoms with Gasteiger partial charge in [-0.3, -0.25) is 9.52 Å². The van der Waals surface area contributed by atoms with E-state index in [0.717, 1.165) is 29.8 Å². The maximum atomic E-state index is 13.7. The van der Waals surface area contributed by atoms with Gasteiger partial charge in [-0.15, -0.1) is 0 Å². The number of aliphatic hydroxyl groups excluding tert-OH is 1. The van der Waals surface area contributed by atoms with Gasteiger partial charge >= 0.3 is 12.2 Å². The van der Waals surface area contributed by atoms with Crippen LogP contribution < -0.4 is 14.8 Å². The summed E-state index contributed by atoms with van der Waals surface area (Å²) in [6.45, 7) is 5.08. The molecule has 0 saturated heterocycles. The number of alkyl halides is 3. The lowest BCUT2D eigenvalue weighted by Gasteiger charge is -2.38. The van der Waals surface area contributed by atoms with Crippen LogP contribution in [0.1, 0.15) is 35.3 Å². The Hall–Kier alpha value is -4.30. The zero-order valence-electron chi connectivity index (χ0n) is 25.1. The van der Waals surface area contributed by atoms with Gasteiger partial charge in [0, 0.05) is 25.2 Å². The summed E-state index contributed by atoms with van der Waals surface area (Å²) >= 11 is 0. The summed E-state index contributed by atoms with van der Waals surface area (Å²) in [6, 6.07) is 13.5. The predicted molar refractivity (Wildman–Crippen MR) is 163 cm³/mol. The predicted octanol–water partition coefficient (Wildman–Crippen LogP) is 5.20. The summed E-state index contributed by atoms with van der Waals surface area (Å²) < 4.78 is 74.3. The minimum Gasteiger partial charge on any atom is -0.485 e. The van der Waals surface area contributed by atoms with Gasteiger partial charge in [-0.2, -0.15) is 13.2 Å². The van der Waals surface area contributed by atoms with E-state index in [-0.39, 0.29) is 47.3 Å². The molecule has 14 heteroatoms. The van der Waals surface area contributed by atoms with Gasteiger partial charge < -0.3 is 25.0 Å². The standard InChI is InChI=1S/C31H35F3N4O6S/c1-19-8-14-24(15-9-19)45(42,43)36-26-7-5-6-25-28(26)44-27(20(2)16-38(29(25)40)21(3)18-39)17-37(4)30(41)35-23-12-10-22(11-13-23)31(32,33)34/h5-15,20-21,27,36,39H,16-18H2,1-4H3,(H,35,41)/t20-,21-,27+/m0/s1. The number of carbonyl (C=O) groups excluding carboxylic acids is 2. The summed E-state index contributed by atoms with van der Waals surface area (Å²) in [4.78, 5) is 29.5. The molecule has 4 rings (SSSR count). The molecule has 0 unspecified atom stereocenters. The monoisotopic (exact) mass is 648 g/mol. The van der Waals surface area contributed by atoms with Gasteiger partial charge in [0.15, 0.2) is 5.75 Å². The highest BCUT2D eigenvalue weighted by Gasteiger charge is 2.36. The normalized spacial score (nSPS) is 17.8. The molecule has 0 bridgehead atoms. The Bertz CT molecular complexity index is 1630. The molecule has 3 aromatic rings. The molecule has 3 atom stereocenters. The Morgan fingerprint density at radius 3 is 2.36 bits per heavy atom. The van der Waals surface area contributed by atoms with Crippen molar-refractivity contribution in [1.29, 1.82) is 0 Å². The average Bonchev–Trinajstić information content (AvgIpc) is 2.98. The maximum absolute atomic E-state index is 13.7. The summed E-state index contributed by atoms with van der Waals surface area (Å²) in [5, 5.41) is 12.5. The molecule has 45 heavy (non-hydrogen) atoms. The molecular weight excluding hydrogens is 613 g/mol. The number of hydrogen-bond acceptors (Lipinski definition) is 6. The van der Waals surface area contributed by atoms with Crippen LogP contribution in [0.2, 0.25) is 0 Å². The first-order valence-corrected chi connectivity index (χ1v) is 15.6. The zero-order valence-corrected chi connectivity index (χ0v) is 25.9. The molecule has 3 amide bonds. The number of aliphatic hydroxyl groups is 1. The fourth-order valence-electron chi connectivity index (χ4n) is 4.78. The Morgan fingerprint density at radius 1 is 1.11 bits per heavy atom. The van der Waals surface area contributed by atoms with Crippen molar-refractivity contribution < 1.29 is 41.0 Å². The van der Waals surface area contributed by atoms with E-state index < -0.39 is 51.8 Å². The van der Waals surface area contributed by atoms with Crippen LogP contribution in [-0.4, -0.2) is 74.2 Å². The third kappa shape index (κ3) is 7.87. The molecule has 1 aliphatic heterocycles. The number of benzene rings is 3. The summed E-state index contributed by atoms with van der Waals surface area (Å²) in [5.74, 6) is -0.928. The van der Waals surface area contributed by atoms with Crippen LogP contribution in [0.15, 0.2) is 71.6 Å². The van der Waals surface area contributed by atoms with Crippen LogP contribution >= 0.6 is 0 Å². The number of likely N-dealkylation sites (N-methyl/N-ethyl adjacent to an activating group) is 1. The number of hydrogen-bond donors (Lipinski definition) is 3. The minimum absolute atomic E-state index is 0.00277. The number of sulfonamides is 1. The lowest BCUT2D eigenvalue weighted by Crippen LogP contribution is -2.50. The summed E-state index contributed by atoms with van der Waals surface area (Å²) in [6.07, 6.45) is -5.30. The van der Waals surface area contributed by atoms with E-state index in [2.05, 4.69) is 10.0 Å². The molecule has 242 valence electrons. The number of anilines is 2. The number of nitrogens with zero attached hydrogens (tertiary/aromatic N) is 2. The molecule has 0 spiro atoms. The smallest absolute Gasteiger partial charge is 0.416 e. The first-order valence-electron chi connectivity index (χ1n) is 14.1. The largest absolute Gasteiger partial charge is 0.485 e. The molecule has 0 saturated carbocycles. The fourth-order valence-corrected chi connectivity index (χ4v) is 5.84. The molecule has 3 aromatic carbocycles. The number of ether oxygens (including phenoxy) is 1. The Kier molecular flexibility index (Phi) is 9.98. The van der Waals surface area contributed by atoms with Crippen molar-refractivity contribution in [1.82, 2.24) is 9.80 Å². The van der Waals surface area contributed by atoms with E-state index >= 15 is 0 Å². The molecule has 0 fully saturated rings. The third-order valence-corrected chi connectivity index (χ3v) is 8.91. The van der Waals surface area contributed by atoms with Gasteiger partial charge in [-0.25, -0.2) is 13.2 Å². The van der Waals surface area contributed by atoms with Crippen LogP contribution in [0, 0.1) is 12.8 Å². The maximum Gasteiger partial charge on any atom is 0.416 e. The van der Waals surface area contributed by atoms with E-state index in [1.165, 1.54) is 47.2 Å². The van der Waals surface area contributed by atoms with Gasteiger partial charge in [0.25, 0.3) is 15.9 Å². The fraction of sp³-hybridized carbons (Fsp3) is 0.355. The van der Waals surface area contributed by atoms with E-state index in [0.29, 0.717) is 0 Å². The van der Waals surface area contributed by atoms with Crippen LogP contribution in [0.5, 0.6) is 5.75 Å². The minimum atomic E-state index is -4.52. The van der Waals surface area contributed by atoms with Gasteiger partial charge in [-0.05, 0) is 62.4 Å². The van der Waals surface area contributed by atoms with Crippen molar-refractivity contribution >= 4 is 33.3 Å². The highest BCUT2D eigenvalue weighted by molar-refractivity contribution is 7.92. The first kappa shape index (κ1) is 33.6. The van der Waals surface area contributed by atoms with Crippen LogP contribution in [0.4, 0.5) is 29.3 Å². The third-order valence-electron chi connectivity index (χ3n) is 7.53. The van der Waals surface area contributed by atoms with E-state index in [9.17, 15) is 36.3 Å². The first-order chi connectivity index (χ1) is 21.1. The quantitative estimate of drug-likeness (QED) is 0.308. The molecule has 0 aromatic heterocycles. The second kappa shape index (κ2) is 13.4. The van der Waals surface area contributed by atoms with Crippen molar-refractivity contribution in [2.75, 3.05) is 36.8 Å². The number of rotatable bonds is 8. The molecule has 10 nitrogen and oxygen atoms in total. The topological polar surface area (TPSA) is 128 Å². The average molecular weight is 649 g/mol. The van der Waals surface area contributed by atoms with Crippen LogP contribution in [0.3, 0.4) is 0 Å². The number of halogens is 3. The van der Waals surface area contributed by atoms with E-state index in [1.54, 1.807) is 26.0 Å². The SMILES string of the molecule is Cc1ccc(S(=O)(=O)Nc2cccc3c2O[C@H](CN(C)C(=O)Nc2ccc(C(F)(F)F)cc2)[C@@H](C)CN([C@@H](C)CO)C3=O)cc1. The molecule has 0 aliphatic carbocycles. The molecule has 3 N–H and O–H groups in total. The lowest BCUT2D eigenvalue weighted by atomic mass is 9.99. The zero-order chi connectivity index (χ0) is 33.1. The number of nitrogens with one attached hydrogen (secondary N) is 2. The Labute approximate surface area is 259 Å². The molecule has 0 radical (unpaired) electrons. The number of urea groups is 1. The van der Waals surface area contributed by atoms with Crippen molar-refractivity contribution in [3.05, 3.63) is 83.4 Å². The lowest BCUT2D eigenvalue weighted by molar-refractivity contribution is -0.137. The second-order valence-electron chi connectivity index (χ2n) is 11.1.